The average Bonchev–Trinajstić information content (AvgIpc) is 3.00. The number of carbonyl (C=O) groups is 1. The Labute approximate surface area is 138 Å². The van der Waals surface area contributed by atoms with Crippen LogP contribution in [0, 0.1) is 12.7 Å². The molecule has 5 nitrogen and oxygen atoms in total. The van der Waals surface area contributed by atoms with Crippen LogP contribution in [0.15, 0.2) is 29.6 Å². The van der Waals surface area contributed by atoms with E-state index in [-0.39, 0.29) is 18.3 Å². The minimum atomic E-state index is -0.454. The molecule has 0 N–H and O–H groups in total. The van der Waals surface area contributed by atoms with E-state index < -0.39 is 5.82 Å². The van der Waals surface area contributed by atoms with Gasteiger partial charge in [0, 0.05) is 31.6 Å². The molecular weight excluding hydrogens is 317 g/mol. The second-order valence-corrected chi connectivity index (χ2v) is 6.19. The summed E-state index contributed by atoms with van der Waals surface area (Å²) < 4.78 is 18.7. The summed E-state index contributed by atoms with van der Waals surface area (Å²) in [5, 5.41) is 3.02. The van der Waals surface area contributed by atoms with Crippen molar-refractivity contribution in [3.63, 3.8) is 0 Å². The molecule has 0 bridgehead atoms. The third-order valence-electron chi connectivity index (χ3n) is 3.70. The maximum absolute atomic E-state index is 13.5. The number of carbonyl (C=O) groups excluding carboxylic acids is 1. The average molecular weight is 335 g/mol. The molecule has 122 valence electrons. The van der Waals surface area contributed by atoms with Crippen molar-refractivity contribution >= 4 is 22.4 Å². The Kier molecular flexibility index (Phi) is 4.76. The Morgan fingerprint density at radius 1 is 1.30 bits per heavy atom. The normalized spacial score (nSPS) is 14.9. The van der Waals surface area contributed by atoms with Gasteiger partial charge in [0.25, 0.3) is 5.91 Å². The Hall–Kier alpha value is -2.15. The molecule has 0 aliphatic carbocycles. The number of anilines is 1. The van der Waals surface area contributed by atoms with E-state index in [0.29, 0.717) is 13.1 Å². The molecule has 1 aromatic carbocycles. The van der Waals surface area contributed by atoms with Crippen LogP contribution in [0.25, 0.3) is 0 Å². The summed E-state index contributed by atoms with van der Waals surface area (Å²) in [6.45, 7) is 4.57. The summed E-state index contributed by atoms with van der Waals surface area (Å²) in [7, 11) is 0. The van der Waals surface area contributed by atoms with E-state index in [1.165, 1.54) is 12.1 Å². The van der Waals surface area contributed by atoms with Crippen LogP contribution in [-0.4, -0.2) is 48.6 Å². The first-order valence-electron chi connectivity index (χ1n) is 7.45. The molecule has 1 aliphatic heterocycles. The van der Waals surface area contributed by atoms with Crippen LogP contribution in [-0.2, 0) is 4.79 Å². The molecule has 0 unspecified atom stereocenters. The highest BCUT2D eigenvalue weighted by atomic mass is 32.1. The number of hydrogen-bond acceptors (Lipinski definition) is 5. The van der Waals surface area contributed by atoms with Gasteiger partial charge in [-0.3, -0.25) is 4.79 Å². The van der Waals surface area contributed by atoms with E-state index in [1.807, 2.05) is 12.3 Å². The number of halogens is 1. The van der Waals surface area contributed by atoms with E-state index in [1.54, 1.807) is 28.4 Å². The summed E-state index contributed by atoms with van der Waals surface area (Å²) in [6.07, 6.45) is 0. The molecule has 0 spiro atoms. The smallest absolute Gasteiger partial charge is 0.260 e. The van der Waals surface area contributed by atoms with Crippen molar-refractivity contribution in [3.8, 4) is 5.75 Å². The Balaban J connectivity index is 1.49. The highest BCUT2D eigenvalue weighted by Gasteiger charge is 2.23. The number of aryl methyl sites for hydroxylation is 1. The largest absolute Gasteiger partial charge is 0.481 e. The molecule has 0 saturated carbocycles. The molecule has 1 amide bonds. The van der Waals surface area contributed by atoms with Crippen LogP contribution in [0.5, 0.6) is 5.75 Å². The lowest BCUT2D eigenvalue weighted by Gasteiger charge is -2.34. The Bertz CT molecular complexity index is 683. The van der Waals surface area contributed by atoms with Gasteiger partial charge in [0.05, 0.1) is 5.69 Å². The van der Waals surface area contributed by atoms with Gasteiger partial charge in [-0.25, -0.2) is 9.37 Å². The van der Waals surface area contributed by atoms with Gasteiger partial charge < -0.3 is 14.5 Å². The number of nitrogens with zero attached hydrogens (tertiary/aromatic N) is 3. The van der Waals surface area contributed by atoms with E-state index in [4.69, 9.17) is 4.74 Å². The van der Waals surface area contributed by atoms with Gasteiger partial charge in [-0.05, 0) is 19.1 Å². The molecule has 2 heterocycles. The van der Waals surface area contributed by atoms with Gasteiger partial charge in [0.2, 0.25) is 0 Å². The Morgan fingerprint density at radius 2 is 2.04 bits per heavy atom. The highest BCUT2D eigenvalue weighted by Crippen LogP contribution is 2.21. The fourth-order valence-corrected chi connectivity index (χ4v) is 3.28. The quantitative estimate of drug-likeness (QED) is 0.860. The zero-order valence-corrected chi connectivity index (χ0v) is 13.7. The van der Waals surface area contributed by atoms with Crippen molar-refractivity contribution in [2.45, 2.75) is 6.92 Å². The monoisotopic (exact) mass is 335 g/mol. The topological polar surface area (TPSA) is 45.7 Å². The fraction of sp³-hybridized carbons (Fsp3) is 0.375. The number of piperazine rings is 1. The van der Waals surface area contributed by atoms with Crippen molar-refractivity contribution in [1.82, 2.24) is 9.88 Å². The van der Waals surface area contributed by atoms with Crippen molar-refractivity contribution in [1.29, 1.82) is 0 Å². The molecule has 1 aliphatic rings. The number of rotatable bonds is 4. The van der Waals surface area contributed by atoms with Crippen LogP contribution in [0.2, 0.25) is 0 Å². The summed E-state index contributed by atoms with van der Waals surface area (Å²) in [5.41, 5.74) is 1.02. The van der Waals surface area contributed by atoms with Crippen LogP contribution in [0.1, 0.15) is 5.69 Å². The van der Waals surface area contributed by atoms with Gasteiger partial charge in [-0.2, -0.15) is 0 Å². The number of para-hydroxylation sites is 1. The molecule has 3 rings (SSSR count). The second kappa shape index (κ2) is 6.95. The number of amides is 1. The summed E-state index contributed by atoms with van der Waals surface area (Å²) in [5.74, 6) is -0.467. The van der Waals surface area contributed by atoms with Gasteiger partial charge in [0.15, 0.2) is 23.3 Å². The molecular formula is C16H18FN3O2S. The van der Waals surface area contributed by atoms with Crippen LogP contribution in [0.3, 0.4) is 0 Å². The lowest BCUT2D eigenvalue weighted by atomic mass is 10.3. The minimum Gasteiger partial charge on any atom is -0.481 e. The van der Waals surface area contributed by atoms with Gasteiger partial charge in [-0.15, -0.1) is 11.3 Å². The number of hydrogen-bond donors (Lipinski definition) is 0. The van der Waals surface area contributed by atoms with E-state index >= 15 is 0 Å². The third-order valence-corrected chi connectivity index (χ3v) is 4.72. The van der Waals surface area contributed by atoms with Crippen LogP contribution in [0.4, 0.5) is 9.52 Å². The predicted octanol–water partition coefficient (Wildman–Crippen LogP) is 2.32. The highest BCUT2D eigenvalue weighted by molar-refractivity contribution is 7.13. The summed E-state index contributed by atoms with van der Waals surface area (Å²) >= 11 is 1.62. The van der Waals surface area contributed by atoms with Crippen molar-refractivity contribution in [2.75, 3.05) is 37.7 Å². The molecule has 1 aromatic heterocycles. The van der Waals surface area contributed by atoms with Crippen molar-refractivity contribution < 1.29 is 13.9 Å². The molecule has 0 atom stereocenters. The lowest BCUT2D eigenvalue weighted by molar-refractivity contribution is -0.133. The maximum Gasteiger partial charge on any atom is 0.260 e. The van der Waals surface area contributed by atoms with Crippen molar-refractivity contribution in [3.05, 3.63) is 41.2 Å². The van der Waals surface area contributed by atoms with Gasteiger partial charge in [-0.1, -0.05) is 12.1 Å². The van der Waals surface area contributed by atoms with Gasteiger partial charge >= 0.3 is 0 Å². The molecule has 7 heteroatoms. The van der Waals surface area contributed by atoms with Crippen LogP contribution < -0.4 is 9.64 Å². The van der Waals surface area contributed by atoms with E-state index in [9.17, 15) is 9.18 Å². The Morgan fingerprint density at radius 3 is 2.70 bits per heavy atom. The SMILES string of the molecule is Cc1csc(N2CCN(C(=O)COc3ccccc3F)CC2)n1. The first-order chi connectivity index (χ1) is 11.1. The maximum atomic E-state index is 13.5. The predicted molar refractivity (Wildman–Crippen MR) is 87.5 cm³/mol. The molecule has 1 saturated heterocycles. The van der Waals surface area contributed by atoms with E-state index in [0.717, 1.165) is 23.9 Å². The first-order valence-corrected chi connectivity index (χ1v) is 8.33. The lowest BCUT2D eigenvalue weighted by Crippen LogP contribution is -2.50. The fourth-order valence-electron chi connectivity index (χ4n) is 2.43. The second-order valence-electron chi connectivity index (χ2n) is 5.36. The summed E-state index contributed by atoms with van der Waals surface area (Å²) in [6, 6.07) is 6.10. The third kappa shape index (κ3) is 3.79. The standard InChI is InChI=1S/C16H18FN3O2S/c1-12-11-23-16(18-12)20-8-6-19(7-9-20)15(21)10-22-14-5-3-2-4-13(14)17/h2-5,11H,6-10H2,1H3. The molecule has 23 heavy (non-hydrogen) atoms. The zero-order valence-electron chi connectivity index (χ0n) is 12.9. The zero-order chi connectivity index (χ0) is 16.2. The molecule has 2 aromatic rings. The van der Waals surface area contributed by atoms with E-state index in [2.05, 4.69) is 9.88 Å². The summed E-state index contributed by atoms with van der Waals surface area (Å²) in [4.78, 5) is 20.6. The van der Waals surface area contributed by atoms with Crippen LogP contribution >= 0.6 is 11.3 Å². The number of thiazole rings is 1. The minimum absolute atomic E-state index is 0.109. The molecule has 0 radical (unpaired) electrons. The number of benzene rings is 1. The van der Waals surface area contributed by atoms with Gasteiger partial charge in [0.1, 0.15) is 0 Å². The number of aromatic nitrogens is 1. The van der Waals surface area contributed by atoms with Crippen molar-refractivity contribution in [2.24, 2.45) is 0 Å². The molecule has 1 fully saturated rings. The first kappa shape index (κ1) is 15.7. The number of ether oxygens (including phenoxy) is 1.